The fourth-order valence-electron chi connectivity index (χ4n) is 3.57. The Balaban J connectivity index is 1.60. The zero-order valence-electron chi connectivity index (χ0n) is 16.1. The van der Waals surface area contributed by atoms with Gasteiger partial charge in [-0.1, -0.05) is 24.3 Å². The number of nitrogens with zero attached hydrogens (tertiary/aromatic N) is 2. The van der Waals surface area contributed by atoms with Crippen LogP contribution in [0.25, 0.3) is 16.8 Å². The number of aryl methyl sites for hydroxylation is 1. The highest BCUT2D eigenvalue weighted by Gasteiger charge is 2.21. The van der Waals surface area contributed by atoms with Crippen LogP contribution in [0.3, 0.4) is 0 Å². The molecular formula is C22H22N2O4S. The predicted molar refractivity (Wildman–Crippen MR) is 115 cm³/mol. The second-order valence-electron chi connectivity index (χ2n) is 7.27. The maximum absolute atomic E-state index is 11.7. The second-order valence-corrected chi connectivity index (χ2v) is 9.57. The summed E-state index contributed by atoms with van der Waals surface area (Å²) in [4.78, 5) is 13.7. The molecule has 1 aliphatic rings. The Bertz CT molecular complexity index is 1200. The zero-order chi connectivity index (χ0) is 20.6. The standard InChI is InChI=1S/C22H22N2O4S/c1-16-13-21(25)22(26)15-24(16)19-7-5-17(6-8-19)18-3-2-4-20(14-18)23-9-11-29(27,28)12-10-23/h2-8,13-15,26H,9-12H2,1H3. The lowest BCUT2D eigenvalue weighted by Gasteiger charge is -2.29. The van der Waals surface area contributed by atoms with E-state index in [1.165, 1.54) is 12.3 Å². The van der Waals surface area contributed by atoms with E-state index in [9.17, 15) is 18.3 Å². The van der Waals surface area contributed by atoms with E-state index in [1.54, 1.807) is 4.57 Å². The molecule has 6 nitrogen and oxygen atoms in total. The van der Waals surface area contributed by atoms with Gasteiger partial charge in [0.1, 0.15) is 0 Å². The van der Waals surface area contributed by atoms with Crippen LogP contribution in [0, 0.1) is 6.92 Å². The van der Waals surface area contributed by atoms with E-state index in [0.29, 0.717) is 13.1 Å². The summed E-state index contributed by atoms with van der Waals surface area (Å²) in [5.74, 6) is 0.102. The van der Waals surface area contributed by atoms with Gasteiger partial charge in [-0.3, -0.25) is 4.79 Å². The first-order valence-electron chi connectivity index (χ1n) is 9.41. The minimum absolute atomic E-state index is 0.192. The van der Waals surface area contributed by atoms with Gasteiger partial charge in [0.25, 0.3) is 0 Å². The summed E-state index contributed by atoms with van der Waals surface area (Å²) in [7, 11) is -2.91. The fraction of sp³-hybridized carbons (Fsp3) is 0.227. The molecule has 0 amide bonds. The van der Waals surface area contributed by atoms with Gasteiger partial charge in [-0.15, -0.1) is 0 Å². The Hall–Kier alpha value is -3.06. The van der Waals surface area contributed by atoms with E-state index in [0.717, 1.165) is 28.2 Å². The monoisotopic (exact) mass is 410 g/mol. The molecule has 2 heterocycles. The van der Waals surface area contributed by atoms with Crippen LogP contribution < -0.4 is 10.3 Å². The molecule has 2 aromatic carbocycles. The number of anilines is 1. The molecule has 3 aromatic rings. The molecule has 150 valence electrons. The molecule has 1 saturated heterocycles. The van der Waals surface area contributed by atoms with Crippen LogP contribution in [0.2, 0.25) is 0 Å². The van der Waals surface area contributed by atoms with Gasteiger partial charge in [0, 0.05) is 36.2 Å². The lowest BCUT2D eigenvalue weighted by atomic mass is 10.0. The summed E-state index contributed by atoms with van der Waals surface area (Å²) < 4.78 is 25.1. The van der Waals surface area contributed by atoms with Crippen molar-refractivity contribution in [1.29, 1.82) is 0 Å². The van der Waals surface area contributed by atoms with E-state index < -0.39 is 15.3 Å². The molecule has 0 atom stereocenters. The van der Waals surface area contributed by atoms with Gasteiger partial charge in [0.2, 0.25) is 5.43 Å². The highest BCUT2D eigenvalue weighted by molar-refractivity contribution is 7.91. The van der Waals surface area contributed by atoms with Gasteiger partial charge in [-0.25, -0.2) is 8.42 Å². The smallest absolute Gasteiger partial charge is 0.223 e. The Kier molecular flexibility index (Phi) is 4.92. The lowest BCUT2D eigenvalue weighted by molar-refractivity contribution is 0.465. The molecule has 0 saturated carbocycles. The zero-order valence-corrected chi connectivity index (χ0v) is 16.9. The molecule has 4 rings (SSSR count). The third-order valence-corrected chi connectivity index (χ3v) is 6.87. The molecule has 29 heavy (non-hydrogen) atoms. The normalized spacial score (nSPS) is 16.0. The van der Waals surface area contributed by atoms with Crippen molar-refractivity contribution in [3.63, 3.8) is 0 Å². The molecule has 1 aromatic heterocycles. The van der Waals surface area contributed by atoms with Crippen LogP contribution >= 0.6 is 0 Å². The first-order valence-corrected chi connectivity index (χ1v) is 11.2. The minimum Gasteiger partial charge on any atom is -0.503 e. The van der Waals surface area contributed by atoms with Crippen molar-refractivity contribution in [3.8, 4) is 22.6 Å². The van der Waals surface area contributed by atoms with Crippen LogP contribution in [0.4, 0.5) is 5.69 Å². The Morgan fingerprint density at radius 2 is 1.59 bits per heavy atom. The van der Waals surface area contributed by atoms with Crippen molar-refractivity contribution < 1.29 is 13.5 Å². The number of benzene rings is 2. The van der Waals surface area contributed by atoms with Crippen molar-refractivity contribution in [2.75, 3.05) is 29.5 Å². The number of rotatable bonds is 3. The van der Waals surface area contributed by atoms with Gasteiger partial charge in [-0.2, -0.15) is 0 Å². The molecule has 0 spiro atoms. The Morgan fingerprint density at radius 3 is 2.28 bits per heavy atom. The highest BCUT2D eigenvalue weighted by Crippen LogP contribution is 2.27. The summed E-state index contributed by atoms with van der Waals surface area (Å²) in [6, 6.07) is 17.3. The first kappa shape index (κ1) is 19.3. The molecule has 1 N–H and O–H groups in total. The SMILES string of the molecule is Cc1cc(=O)c(O)cn1-c1ccc(-c2cccc(N3CCS(=O)(=O)CC3)c2)cc1. The summed E-state index contributed by atoms with van der Waals surface area (Å²) >= 11 is 0. The summed E-state index contributed by atoms with van der Waals surface area (Å²) in [6.07, 6.45) is 1.43. The fourth-order valence-corrected chi connectivity index (χ4v) is 4.77. The average molecular weight is 410 g/mol. The lowest BCUT2D eigenvalue weighted by Crippen LogP contribution is -2.40. The van der Waals surface area contributed by atoms with Crippen molar-refractivity contribution in [3.05, 3.63) is 76.7 Å². The third kappa shape index (κ3) is 4.05. The number of sulfone groups is 1. The molecule has 1 fully saturated rings. The quantitative estimate of drug-likeness (QED) is 0.718. The third-order valence-electron chi connectivity index (χ3n) is 5.26. The summed E-state index contributed by atoms with van der Waals surface area (Å²) in [5, 5.41) is 9.73. The van der Waals surface area contributed by atoms with E-state index in [4.69, 9.17) is 0 Å². The van der Waals surface area contributed by atoms with Gasteiger partial charge >= 0.3 is 0 Å². The van der Waals surface area contributed by atoms with Gasteiger partial charge in [0.15, 0.2) is 15.6 Å². The largest absolute Gasteiger partial charge is 0.503 e. The van der Waals surface area contributed by atoms with Gasteiger partial charge in [0.05, 0.1) is 17.7 Å². The first-order chi connectivity index (χ1) is 13.8. The molecule has 0 aliphatic carbocycles. The number of aromatic nitrogens is 1. The van der Waals surface area contributed by atoms with Crippen LogP contribution in [0.5, 0.6) is 5.75 Å². The predicted octanol–water partition coefficient (Wildman–Crippen LogP) is 2.75. The van der Waals surface area contributed by atoms with E-state index in [-0.39, 0.29) is 17.3 Å². The highest BCUT2D eigenvalue weighted by atomic mass is 32.2. The van der Waals surface area contributed by atoms with Crippen LogP contribution in [-0.4, -0.2) is 42.7 Å². The van der Waals surface area contributed by atoms with Crippen molar-refractivity contribution in [2.45, 2.75) is 6.92 Å². The van der Waals surface area contributed by atoms with E-state index in [1.807, 2.05) is 49.4 Å². The summed E-state index contributed by atoms with van der Waals surface area (Å²) in [5.41, 5.74) is 4.28. The molecule has 1 aliphatic heterocycles. The van der Waals surface area contributed by atoms with Gasteiger partial charge < -0.3 is 14.6 Å². The molecule has 0 bridgehead atoms. The molecular weight excluding hydrogens is 388 g/mol. The maximum Gasteiger partial charge on any atom is 0.223 e. The van der Waals surface area contributed by atoms with E-state index in [2.05, 4.69) is 11.0 Å². The maximum atomic E-state index is 11.7. The van der Waals surface area contributed by atoms with Crippen molar-refractivity contribution in [1.82, 2.24) is 4.57 Å². The topological polar surface area (TPSA) is 79.6 Å². The second kappa shape index (κ2) is 7.40. The minimum atomic E-state index is -2.91. The summed E-state index contributed by atoms with van der Waals surface area (Å²) in [6.45, 7) is 2.84. The van der Waals surface area contributed by atoms with Crippen LogP contribution in [0.15, 0.2) is 65.6 Å². The van der Waals surface area contributed by atoms with Gasteiger partial charge in [-0.05, 0) is 42.3 Å². The van der Waals surface area contributed by atoms with Crippen LogP contribution in [-0.2, 0) is 9.84 Å². The average Bonchev–Trinajstić information content (AvgIpc) is 2.71. The molecule has 0 radical (unpaired) electrons. The number of hydrogen-bond acceptors (Lipinski definition) is 5. The Labute approximate surface area is 169 Å². The number of aromatic hydroxyl groups is 1. The van der Waals surface area contributed by atoms with Crippen molar-refractivity contribution >= 4 is 15.5 Å². The number of hydrogen-bond donors (Lipinski definition) is 1. The van der Waals surface area contributed by atoms with Crippen LogP contribution in [0.1, 0.15) is 5.69 Å². The molecule has 7 heteroatoms. The van der Waals surface area contributed by atoms with Crippen molar-refractivity contribution in [2.24, 2.45) is 0 Å². The molecule has 0 unspecified atom stereocenters. The number of pyridine rings is 1. The Morgan fingerprint density at radius 1 is 0.897 bits per heavy atom. The van der Waals surface area contributed by atoms with E-state index >= 15 is 0 Å².